The van der Waals surface area contributed by atoms with Gasteiger partial charge in [-0.2, -0.15) is 0 Å². The Morgan fingerprint density at radius 1 is 1.36 bits per heavy atom. The minimum Gasteiger partial charge on any atom is -0.482 e. The molecule has 0 bridgehead atoms. The number of aliphatic imine (C=N–C) groups is 1. The van der Waals surface area contributed by atoms with Crippen molar-refractivity contribution in [3.63, 3.8) is 0 Å². The van der Waals surface area contributed by atoms with Gasteiger partial charge in [0.1, 0.15) is 6.10 Å². The average Bonchev–Trinajstić information content (AvgIpc) is 2.79. The second kappa shape index (κ2) is 11.5. The molecule has 9 heteroatoms. The number of ether oxygens (including phenoxy) is 1. The van der Waals surface area contributed by atoms with E-state index in [-0.39, 0.29) is 11.9 Å². The molecule has 0 spiro atoms. The first-order chi connectivity index (χ1) is 15.8. The van der Waals surface area contributed by atoms with Crippen molar-refractivity contribution in [2.45, 2.75) is 45.8 Å². The molecule has 1 aromatic heterocycles. The van der Waals surface area contributed by atoms with Crippen molar-refractivity contribution in [2.24, 2.45) is 10.7 Å². The molecule has 1 atom stereocenters. The molecule has 2 heterocycles. The van der Waals surface area contributed by atoms with Gasteiger partial charge in [0, 0.05) is 47.3 Å². The van der Waals surface area contributed by atoms with Gasteiger partial charge in [-0.1, -0.05) is 29.3 Å². The Kier molecular flexibility index (Phi) is 8.72. The number of aromatic nitrogens is 1. The number of benzene rings is 1. The van der Waals surface area contributed by atoms with Crippen LogP contribution in [-0.4, -0.2) is 36.2 Å². The van der Waals surface area contributed by atoms with Crippen molar-refractivity contribution < 1.29 is 9.53 Å². The van der Waals surface area contributed by atoms with Crippen molar-refractivity contribution in [1.82, 2.24) is 10.3 Å². The number of halogens is 2. The van der Waals surface area contributed by atoms with E-state index >= 15 is 0 Å². The number of nitrogens with two attached hydrogens (primary N) is 1. The molecule has 1 saturated heterocycles. The lowest BCUT2D eigenvalue weighted by atomic mass is 10.1. The molecule has 0 aliphatic carbocycles. The van der Waals surface area contributed by atoms with Gasteiger partial charge in [0.2, 0.25) is 5.91 Å². The fraction of sp³-hybridized carbons (Fsp3) is 0.375. The van der Waals surface area contributed by atoms with E-state index < -0.39 is 6.10 Å². The Morgan fingerprint density at radius 2 is 2.09 bits per heavy atom. The van der Waals surface area contributed by atoms with Crippen molar-refractivity contribution in [2.75, 3.05) is 18.4 Å². The topological polar surface area (TPSA) is 102 Å². The molecule has 0 saturated carbocycles. The molecule has 3 rings (SSSR count). The fourth-order valence-electron chi connectivity index (χ4n) is 3.61. The standard InChI is InChI=1S/C24H29Cl2N5O2/c1-14-4-5-20(25)22(23(14)26)15(2)33-21-10-17(12-30-24(21)31-16(3)32)18(11-27)13-29-19-6-8-28-9-7-19/h4-5,10-13,15,19,28H,6-9,27H2,1-3H3,(H,30,31,32)/b18-11+,29-13?/t15-/m1/s1. The zero-order chi connectivity index (χ0) is 24.0. The summed E-state index contributed by atoms with van der Waals surface area (Å²) in [5, 5.41) is 7.07. The summed E-state index contributed by atoms with van der Waals surface area (Å²) in [4.78, 5) is 20.8. The Labute approximate surface area is 204 Å². The fourth-order valence-corrected chi connectivity index (χ4v) is 4.29. The second-order valence-electron chi connectivity index (χ2n) is 7.99. The average molecular weight is 490 g/mol. The third-order valence-corrected chi connectivity index (χ3v) is 6.25. The van der Waals surface area contributed by atoms with Gasteiger partial charge >= 0.3 is 0 Å². The number of piperidine rings is 1. The lowest BCUT2D eigenvalue weighted by molar-refractivity contribution is -0.114. The van der Waals surface area contributed by atoms with Gasteiger partial charge in [0.15, 0.2) is 11.6 Å². The molecule has 0 radical (unpaired) electrons. The number of hydrogen-bond donors (Lipinski definition) is 3. The van der Waals surface area contributed by atoms with E-state index in [9.17, 15) is 4.79 Å². The Morgan fingerprint density at radius 3 is 2.76 bits per heavy atom. The maximum Gasteiger partial charge on any atom is 0.222 e. The van der Waals surface area contributed by atoms with Crippen LogP contribution in [0.1, 0.15) is 49.5 Å². The quantitative estimate of drug-likeness (QED) is 0.479. The summed E-state index contributed by atoms with van der Waals surface area (Å²) >= 11 is 12.9. The molecule has 1 fully saturated rings. The van der Waals surface area contributed by atoms with E-state index in [0.29, 0.717) is 38.3 Å². The summed E-state index contributed by atoms with van der Waals surface area (Å²) < 4.78 is 6.21. The third kappa shape index (κ3) is 6.47. The van der Waals surface area contributed by atoms with Gasteiger partial charge in [-0.25, -0.2) is 4.98 Å². The highest BCUT2D eigenvalue weighted by atomic mass is 35.5. The van der Waals surface area contributed by atoms with E-state index in [4.69, 9.17) is 33.7 Å². The van der Waals surface area contributed by atoms with Crippen LogP contribution in [0.25, 0.3) is 5.57 Å². The second-order valence-corrected chi connectivity index (χ2v) is 8.77. The molecule has 4 N–H and O–H groups in total. The number of carbonyl (C=O) groups is 1. The Balaban J connectivity index is 1.92. The SMILES string of the molecule is CC(=O)Nc1ncc(/C(C=NC2CCNCC2)=C/N)cc1O[C@H](C)c1c(Cl)ccc(C)c1Cl. The van der Waals surface area contributed by atoms with Gasteiger partial charge in [-0.05, 0) is 57.5 Å². The van der Waals surface area contributed by atoms with Gasteiger partial charge < -0.3 is 21.1 Å². The van der Waals surface area contributed by atoms with E-state index in [1.54, 1.807) is 24.5 Å². The van der Waals surface area contributed by atoms with Crippen LogP contribution in [0, 0.1) is 6.92 Å². The highest BCUT2D eigenvalue weighted by Crippen LogP contribution is 2.37. The van der Waals surface area contributed by atoms with E-state index in [0.717, 1.165) is 31.5 Å². The number of allylic oxidation sites excluding steroid dienone is 1. The smallest absolute Gasteiger partial charge is 0.222 e. The highest BCUT2D eigenvalue weighted by molar-refractivity contribution is 6.36. The van der Waals surface area contributed by atoms with Crippen molar-refractivity contribution in [3.8, 4) is 5.75 Å². The number of nitrogens with one attached hydrogen (secondary N) is 2. The lowest BCUT2D eigenvalue weighted by Gasteiger charge is -2.21. The Bertz CT molecular complexity index is 1070. The lowest BCUT2D eigenvalue weighted by Crippen LogP contribution is -2.29. The van der Waals surface area contributed by atoms with Crippen molar-refractivity contribution >= 4 is 46.7 Å². The minimum atomic E-state index is -0.497. The monoisotopic (exact) mass is 489 g/mol. The molecule has 1 aliphatic heterocycles. The number of hydrogen-bond acceptors (Lipinski definition) is 6. The van der Waals surface area contributed by atoms with Crippen LogP contribution < -0.4 is 21.1 Å². The van der Waals surface area contributed by atoms with Crippen LogP contribution in [0.2, 0.25) is 10.0 Å². The van der Waals surface area contributed by atoms with Gasteiger partial charge in [-0.15, -0.1) is 0 Å². The number of amides is 1. The molecular weight excluding hydrogens is 461 g/mol. The first-order valence-electron chi connectivity index (χ1n) is 10.8. The van der Waals surface area contributed by atoms with Crippen LogP contribution in [0.15, 0.2) is 35.6 Å². The third-order valence-electron chi connectivity index (χ3n) is 5.42. The zero-order valence-electron chi connectivity index (χ0n) is 19.0. The predicted octanol–water partition coefficient (Wildman–Crippen LogP) is 4.92. The summed E-state index contributed by atoms with van der Waals surface area (Å²) in [5.74, 6) is 0.407. The number of anilines is 1. The van der Waals surface area contributed by atoms with E-state index in [1.807, 2.05) is 19.9 Å². The molecule has 1 aliphatic rings. The number of carbonyl (C=O) groups excluding carboxylic acids is 1. The minimum absolute atomic E-state index is 0.258. The first-order valence-corrected chi connectivity index (χ1v) is 11.6. The molecule has 2 aromatic rings. The van der Waals surface area contributed by atoms with Gasteiger partial charge in [-0.3, -0.25) is 9.79 Å². The van der Waals surface area contributed by atoms with E-state index in [1.165, 1.54) is 13.1 Å². The molecule has 1 aromatic carbocycles. The summed E-state index contributed by atoms with van der Waals surface area (Å²) in [5.41, 5.74) is 8.88. The van der Waals surface area contributed by atoms with Crippen LogP contribution in [0.3, 0.4) is 0 Å². The van der Waals surface area contributed by atoms with Crippen molar-refractivity contribution in [3.05, 3.63) is 57.3 Å². The number of aryl methyl sites for hydroxylation is 1. The zero-order valence-corrected chi connectivity index (χ0v) is 20.5. The highest BCUT2D eigenvalue weighted by Gasteiger charge is 2.20. The van der Waals surface area contributed by atoms with E-state index in [2.05, 4.69) is 20.6 Å². The van der Waals surface area contributed by atoms with Crippen LogP contribution in [0.5, 0.6) is 5.75 Å². The first kappa shape index (κ1) is 25.0. The van der Waals surface area contributed by atoms with Gasteiger partial charge in [0.05, 0.1) is 11.1 Å². The Hall–Kier alpha value is -2.61. The maximum atomic E-state index is 11.7. The summed E-state index contributed by atoms with van der Waals surface area (Å²) in [7, 11) is 0. The van der Waals surface area contributed by atoms with Crippen LogP contribution in [-0.2, 0) is 4.79 Å². The molecule has 7 nitrogen and oxygen atoms in total. The number of nitrogens with zero attached hydrogens (tertiary/aromatic N) is 2. The predicted molar refractivity (Wildman–Crippen MR) is 135 cm³/mol. The molecule has 176 valence electrons. The van der Waals surface area contributed by atoms with Crippen LogP contribution in [0.4, 0.5) is 5.82 Å². The number of pyridine rings is 1. The molecule has 33 heavy (non-hydrogen) atoms. The number of rotatable bonds is 7. The van der Waals surface area contributed by atoms with Gasteiger partial charge in [0.25, 0.3) is 0 Å². The molecular formula is C24H29Cl2N5O2. The summed E-state index contributed by atoms with van der Waals surface area (Å²) in [6.45, 7) is 7.07. The van der Waals surface area contributed by atoms with Crippen LogP contribution >= 0.6 is 23.2 Å². The summed E-state index contributed by atoms with van der Waals surface area (Å²) in [6.07, 6.45) is 6.36. The normalized spacial score (nSPS) is 16.1. The molecule has 0 unspecified atom stereocenters. The molecule has 1 amide bonds. The van der Waals surface area contributed by atoms with Crippen molar-refractivity contribution in [1.29, 1.82) is 0 Å². The summed E-state index contributed by atoms with van der Waals surface area (Å²) in [6, 6.07) is 5.67. The maximum absolute atomic E-state index is 11.7. The largest absolute Gasteiger partial charge is 0.482 e.